The minimum atomic E-state index is -0.799. The van der Waals surface area contributed by atoms with E-state index in [1.165, 1.54) is 12.1 Å². The van der Waals surface area contributed by atoms with Gasteiger partial charge in [-0.1, -0.05) is 23.2 Å². The van der Waals surface area contributed by atoms with Crippen LogP contribution in [-0.2, 0) is 9.53 Å². The summed E-state index contributed by atoms with van der Waals surface area (Å²) in [4.78, 5) is 23.7. The monoisotopic (exact) mass is 290 g/mol. The second-order valence-corrected chi connectivity index (χ2v) is 4.17. The lowest BCUT2D eigenvalue weighted by atomic mass is 10.3. The first-order chi connectivity index (χ1) is 8.45. The van der Waals surface area contributed by atoms with Gasteiger partial charge in [-0.3, -0.25) is 9.69 Å². The lowest BCUT2D eigenvalue weighted by Gasteiger charge is -2.20. The second kappa shape index (κ2) is 6.47. The summed E-state index contributed by atoms with van der Waals surface area (Å²) < 4.78 is 4.75. The number of ether oxygens (including phenoxy) is 1. The molecular weight excluding hydrogens is 279 g/mol. The van der Waals surface area contributed by atoms with Gasteiger partial charge in [-0.15, -0.1) is 0 Å². The lowest BCUT2D eigenvalue weighted by molar-refractivity contribution is -0.141. The van der Waals surface area contributed by atoms with Crippen LogP contribution in [0.5, 0.6) is 0 Å². The van der Waals surface area contributed by atoms with E-state index in [9.17, 15) is 9.59 Å². The number of rotatable bonds is 4. The van der Waals surface area contributed by atoms with Crippen molar-refractivity contribution < 1.29 is 14.3 Å². The third kappa shape index (κ3) is 3.78. The molecule has 0 aliphatic rings. The molecule has 2 amide bonds. The molecule has 0 unspecified atom stereocenters. The molecule has 1 rings (SSSR count). The molecule has 5 nitrogen and oxygen atoms in total. The summed E-state index contributed by atoms with van der Waals surface area (Å²) in [7, 11) is 0. The van der Waals surface area contributed by atoms with Crippen LogP contribution in [-0.4, -0.2) is 25.2 Å². The van der Waals surface area contributed by atoms with Crippen LogP contribution < -0.4 is 10.6 Å². The van der Waals surface area contributed by atoms with Crippen molar-refractivity contribution in [2.24, 2.45) is 5.73 Å². The number of hydrogen-bond acceptors (Lipinski definition) is 3. The maximum Gasteiger partial charge on any atom is 0.326 e. The van der Waals surface area contributed by atoms with E-state index in [1.807, 2.05) is 0 Å². The van der Waals surface area contributed by atoms with E-state index in [1.54, 1.807) is 13.0 Å². The van der Waals surface area contributed by atoms with Crippen LogP contribution in [0.4, 0.5) is 10.5 Å². The molecule has 18 heavy (non-hydrogen) atoms. The summed E-state index contributed by atoms with van der Waals surface area (Å²) in [5.41, 5.74) is 5.51. The summed E-state index contributed by atoms with van der Waals surface area (Å²) >= 11 is 11.7. The number of hydrogen-bond donors (Lipinski definition) is 1. The van der Waals surface area contributed by atoms with Crippen LogP contribution in [0.15, 0.2) is 18.2 Å². The van der Waals surface area contributed by atoms with Crippen molar-refractivity contribution in [3.63, 3.8) is 0 Å². The molecule has 0 bridgehead atoms. The fourth-order valence-electron chi connectivity index (χ4n) is 1.32. The molecule has 0 fully saturated rings. The van der Waals surface area contributed by atoms with Crippen LogP contribution in [0, 0.1) is 0 Å². The highest BCUT2D eigenvalue weighted by atomic mass is 35.5. The predicted octanol–water partition coefficient (Wildman–Crippen LogP) is 2.44. The molecule has 0 spiro atoms. The summed E-state index contributed by atoms with van der Waals surface area (Å²) in [6.45, 7) is 1.59. The first kappa shape index (κ1) is 14.6. The Morgan fingerprint density at radius 3 is 2.56 bits per heavy atom. The van der Waals surface area contributed by atoms with Crippen molar-refractivity contribution in [2.45, 2.75) is 6.92 Å². The molecule has 0 radical (unpaired) electrons. The minimum Gasteiger partial charge on any atom is -0.465 e. The normalized spacial score (nSPS) is 9.94. The number of amides is 2. The quantitative estimate of drug-likeness (QED) is 0.866. The van der Waals surface area contributed by atoms with Crippen molar-refractivity contribution in [1.29, 1.82) is 0 Å². The molecule has 0 aliphatic carbocycles. The van der Waals surface area contributed by atoms with Gasteiger partial charge in [0.25, 0.3) is 0 Å². The van der Waals surface area contributed by atoms with E-state index in [4.69, 9.17) is 33.7 Å². The van der Waals surface area contributed by atoms with E-state index >= 15 is 0 Å². The highest BCUT2D eigenvalue weighted by molar-refractivity contribution is 6.36. The number of nitrogens with zero attached hydrogens (tertiary/aromatic N) is 1. The number of anilines is 1. The summed E-state index contributed by atoms with van der Waals surface area (Å²) in [5.74, 6) is -0.567. The lowest BCUT2D eigenvalue weighted by Crippen LogP contribution is -2.40. The van der Waals surface area contributed by atoms with Crippen molar-refractivity contribution in [1.82, 2.24) is 0 Å². The van der Waals surface area contributed by atoms with Gasteiger partial charge in [0.2, 0.25) is 0 Å². The van der Waals surface area contributed by atoms with Gasteiger partial charge in [0, 0.05) is 5.02 Å². The van der Waals surface area contributed by atoms with Crippen LogP contribution >= 0.6 is 23.2 Å². The molecule has 98 valence electrons. The SMILES string of the molecule is CCOC(=O)CN(C(N)=O)c1ccc(Cl)cc1Cl. The topological polar surface area (TPSA) is 72.6 Å². The minimum absolute atomic E-state index is 0.222. The molecule has 1 aromatic carbocycles. The zero-order chi connectivity index (χ0) is 13.7. The third-order valence-corrected chi connectivity index (χ3v) is 2.60. The fraction of sp³-hybridized carbons (Fsp3) is 0.273. The van der Waals surface area contributed by atoms with Gasteiger partial charge in [0.05, 0.1) is 17.3 Å². The number of urea groups is 1. The van der Waals surface area contributed by atoms with Crippen molar-refractivity contribution in [3.05, 3.63) is 28.2 Å². The summed E-state index contributed by atoms with van der Waals surface area (Å²) in [6, 6.07) is 3.71. The van der Waals surface area contributed by atoms with Gasteiger partial charge in [-0.05, 0) is 25.1 Å². The van der Waals surface area contributed by atoms with Crippen molar-refractivity contribution in [2.75, 3.05) is 18.1 Å². The predicted molar refractivity (Wildman–Crippen MR) is 70.0 cm³/mol. The smallest absolute Gasteiger partial charge is 0.326 e. The molecule has 0 aliphatic heterocycles. The second-order valence-electron chi connectivity index (χ2n) is 3.33. The Morgan fingerprint density at radius 2 is 2.06 bits per heavy atom. The molecule has 0 saturated carbocycles. The Morgan fingerprint density at radius 1 is 1.39 bits per heavy atom. The number of halogens is 2. The van der Waals surface area contributed by atoms with Crippen LogP contribution in [0.1, 0.15) is 6.92 Å². The molecule has 7 heteroatoms. The fourth-order valence-corrected chi connectivity index (χ4v) is 1.83. The standard InChI is InChI=1S/C11H12Cl2N2O3/c1-2-18-10(16)6-15(11(14)17)9-4-3-7(12)5-8(9)13/h3-5H,2,6H2,1H3,(H2,14,17). The highest BCUT2D eigenvalue weighted by Crippen LogP contribution is 2.28. The van der Waals surface area contributed by atoms with Crippen molar-refractivity contribution in [3.8, 4) is 0 Å². The van der Waals surface area contributed by atoms with Gasteiger partial charge >= 0.3 is 12.0 Å². The zero-order valence-electron chi connectivity index (χ0n) is 9.65. The number of benzene rings is 1. The van der Waals surface area contributed by atoms with Crippen LogP contribution in [0.25, 0.3) is 0 Å². The van der Waals surface area contributed by atoms with E-state index in [2.05, 4.69) is 0 Å². The average molecular weight is 291 g/mol. The maximum atomic E-state index is 11.4. The first-order valence-electron chi connectivity index (χ1n) is 5.13. The van der Waals surface area contributed by atoms with Crippen molar-refractivity contribution >= 4 is 40.9 Å². The molecule has 2 N–H and O–H groups in total. The third-order valence-electron chi connectivity index (χ3n) is 2.06. The summed E-state index contributed by atoms with van der Waals surface area (Å²) in [5, 5.41) is 0.648. The summed E-state index contributed by atoms with van der Waals surface area (Å²) in [6.07, 6.45) is 0. The molecular formula is C11H12Cl2N2O3. The number of nitrogens with two attached hydrogens (primary N) is 1. The van der Waals surface area contributed by atoms with E-state index in [-0.39, 0.29) is 18.2 Å². The highest BCUT2D eigenvalue weighted by Gasteiger charge is 2.19. The number of primary amides is 1. The van der Waals surface area contributed by atoms with Gasteiger partial charge in [0.15, 0.2) is 0 Å². The number of carbonyl (C=O) groups excluding carboxylic acids is 2. The first-order valence-corrected chi connectivity index (χ1v) is 5.89. The van der Waals surface area contributed by atoms with Gasteiger partial charge in [-0.25, -0.2) is 4.79 Å². The van der Waals surface area contributed by atoms with Gasteiger partial charge in [-0.2, -0.15) is 0 Å². The Balaban J connectivity index is 2.98. The number of carbonyl (C=O) groups is 2. The Kier molecular flexibility index (Phi) is 5.25. The molecule has 0 heterocycles. The Bertz CT molecular complexity index is 466. The maximum absolute atomic E-state index is 11.4. The number of esters is 1. The zero-order valence-corrected chi connectivity index (χ0v) is 11.2. The molecule has 0 aromatic heterocycles. The van der Waals surface area contributed by atoms with Gasteiger partial charge in [0.1, 0.15) is 6.54 Å². The van der Waals surface area contributed by atoms with Crippen LogP contribution in [0.2, 0.25) is 10.0 Å². The van der Waals surface area contributed by atoms with Gasteiger partial charge < -0.3 is 10.5 Å². The molecule has 1 aromatic rings. The van der Waals surface area contributed by atoms with E-state index in [0.29, 0.717) is 10.7 Å². The van der Waals surface area contributed by atoms with E-state index < -0.39 is 12.0 Å². The molecule has 0 atom stereocenters. The molecule has 0 saturated heterocycles. The van der Waals surface area contributed by atoms with E-state index in [0.717, 1.165) is 4.90 Å². The Hall–Kier alpha value is -1.46. The van der Waals surface area contributed by atoms with Crippen LogP contribution in [0.3, 0.4) is 0 Å². The largest absolute Gasteiger partial charge is 0.465 e. The Labute approximate surface area is 114 Å². The average Bonchev–Trinajstić information content (AvgIpc) is 2.27.